The van der Waals surface area contributed by atoms with Gasteiger partial charge >= 0.3 is 0 Å². The second-order valence-corrected chi connectivity index (χ2v) is 6.38. The molecule has 3 heterocycles. The van der Waals surface area contributed by atoms with Crippen LogP contribution in [0.1, 0.15) is 24.7 Å². The number of piperazine rings is 1. The van der Waals surface area contributed by atoms with Crippen LogP contribution in [0.25, 0.3) is 0 Å². The van der Waals surface area contributed by atoms with Gasteiger partial charge in [0.05, 0.1) is 18.8 Å². The largest absolute Gasteiger partial charge is 0.376 e. The Morgan fingerprint density at radius 2 is 2.30 bits per heavy atom. The van der Waals surface area contributed by atoms with Crippen molar-refractivity contribution in [1.82, 2.24) is 19.4 Å². The third kappa shape index (κ3) is 3.91. The summed E-state index contributed by atoms with van der Waals surface area (Å²) in [5, 5.41) is 0. The zero-order chi connectivity index (χ0) is 16.2. The second kappa shape index (κ2) is 7.42. The van der Waals surface area contributed by atoms with E-state index in [1.54, 1.807) is 6.20 Å². The number of ether oxygens (including phenoxy) is 2. The number of aromatic nitrogens is 2. The lowest BCUT2D eigenvalue weighted by Crippen LogP contribution is -2.50. The lowest BCUT2D eigenvalue weighted by molar-refractivity contribution is -0.140. The summed E-state index contributed by atoms with van der Waals surface area (Å²) in [5.74, 6) is 1.04. The molecule has 3 rings (SSSR count). The predicted molar refractivity (Wildman–Crippen MR) is 85.0 cm³/mol. The maximum atomic E-state index is 12.4. The molecule has 2 aliphatic rings. The number of aryl methyl sites for hydroxylation is 1. The molecule has 0 bridgehead atoms. The van der Waals surface area contributed by atoms with Crippen LogP contribution >= 0.6 is 0 Å². The first-order valence-electron chi connectivity index (χ1n) is 8.29. The molecule has 2 saturated heterocycles. The first-order chi connectivity index (χ1) is 11.1. The highest BCUT2D eigenvalue weighted by molar-refractivity contribution is 5.77. The van der Waals surface area contributed by atoms with Crippen molar-refractivity contribution in [2.24, 2.45) is 7.05 Å². The fraction of sp³-hybridized carbons (Fsp3) is 0.750. The number of hydrogen-bond donors (Lipinski definition) is 0. The van der Waals surface area contributed by atoms with E-state index in [1.165, 1.54) is 0 Å². The second-order valence-electron chi connectivity index (χ2n) is 6.38. The van der Waals surface area contributed by atoms with Crippen LogP contribution in [0, 0.1) is 0 Å². The zero-order valence-corrected chi connectivity index (χ0v) is 14.0. The quantitative estimate of drug-likeness (QED) is 0.787. The molecule has 2 fully saturated rings. The van der Waals surface area contributed by atoms with Crippen LogP contribution in [0.5, 0.6) is 0 Å². The number of carbonyl (C=O) groups excluding carboxylic acids is 1. The van der Waals surface area contributed by atoms with Crippen LogP contribution < -0.4 is 0 Å². The molecule has 1 aromatic rings. The average molecular weight is 322 g/mol. The van der Waals surface area contributed by atoms with Crippen molar-refractivity contribution in [3.63, 3.8) is 0 Å². The lowest BCUT2D eigenvalue weighted by Gasteiger charge is -2.39. The van der Waals surface area contributed by atoms with Gasteiger partial charge in [-0.3, -0.25) is 9.69 Å². The van der Waals surface area contributed by atoms with Gasteiger partial charge in [0.2, 0.25) is 5.91 Å². The van der Waals surface area contributed by atoms with E-state index in [-0.39, 0.29) is 24.7 Å². The van der Waals surface area contributed by atoms with Crippen molar-refractivity contribution in [2.45, 2.75) is 25.0 Å². The maximum absolute atomic E-state index is 12.4. The Kier molecular flexibility index (Phi) is 5.30. The third-order valence-electron chi connectivity index (χ3n) is 4.71. The van der Waals surface area contributed by atoms with E-state index < -0.39 is 0 Å². The molecule has 0 spiro atoms. The molecule has 23 heavy (non-hydrogen) atoms. The summed E-state index contributed by atoms with van der Waals surface area (Å²) in [7, 11) is 4.07. The van der Waals surface area contributed by atoms with Gasteiger partial charge in [0.1, 0.15) is 12.4 Å². The minimum atomic E-state index is 0.0512. The van der Waals surface area contributed by atoms with Crippen LogP contribution in [-0.4, -0.2) is 77.9 Å². The van der Waals surface area contributed by atoms with Gasteiger partial charge in [-0.2, -0.15) is 0 Å². The van der Waals surface area contributed by atoms with Crippen molar-refractivity contribution in [3.8, 4) is 0 Å². The smallest absolute Gasteiger partial charge is 0.248 e. The highest BCUT2D eigenvalue weighted by Crippen LogP contribution is 2.22. The summed E-state index contributed by atoms with van der Waals surface area (Å²) in [6, 6.07) is 0.130. The molecule has 0 N–H and O–H groups in total. The van der Waals surface area contributed by atoms with Gasteiger partial charge in [0.25, 0.3) is 0 Å². The molecule has 0 aliphatic carbocycles. The highest BCUT2D eigenvalue weighted by Gasteiger charge is 2.30. The summed E-state index contributed by atoms with van der Waals surface area (Å²) in [5.41, 5.74) is 0. The van der Waals surface area contributed by atoms with Gasteiger partial charge in [-0.25, -0.2) is 4.98 Å². The Morgan fingerprint density at radius 3 is 3.00 bits per heavy atom. The molecule has 2 aliphatic heterocycles. The number of rotatable bonds is 5. The molecular weight excluding hydrogens is 296 g/mol. The molecule has 0 saturated carbocycles. The van der Waals surface area contributed by atoms with Crippen molar-refractivity contribution in [1.29, 1.82) is 0 Å². The topological polar surface area (TPSA) is 59.8 Å². The summed E-state index contributed by atoms with van der Waals surface area (Å²) in [6.45, 7) is 3.70. The van der Waals surface area contributed by atoms with Gasteiger partial charge in [0, 0.05) is 45.7 Å². The number of imidazole rings is 1. The summed E-state index contributed by atoms with van der Waals surface area (Å²) >= 11 is 0. The van der Waals surface area contributed by atoms with E-state index in [0.717, 1.165) is 38.4 Å². The molecule has 0 unspecified atom stereocenters. The van der Waals surface area contributed by atoms with Crippen molar-refractivity contribution in [2.75, 3.05) is 46.5 Å². The number of amides is 1. The van der Waals surface area contributed by atoms with E-state index in [9.17, 15) is 4.79 Å². The Hall–Kier alpha value is -1.44. The van der Waals surface area contributed by atoms with Crippen LogP contribution in [0.15, 0.2) is 12.4 Å². The summed E-state index contributed by atoms with van der Waals surface area (Å²) < 4.78 is 13.1. The molecule has 1 amide bonds. The Labute approximate surface area is 137 Å². The van der Waals surface area contributed by atoms with Gasteiger partial charge in [-0.1, -0.05) is 0 Å². The third-order valence-corrected chi connectivity index (χ3v) is 4.71. The van der Waals surface area contributed by atoms with Crippen LogP contribution in [0.3, 0.4) is 0 Å². The normalized spacial score (nSPS) is 25.9. The van der Waals surface area contributed by atoms with Crippen LogP contribution in [0.4, 0.5) is 0 Å². The van der Waals surface area contributed by atoms with Crippen molar-refractivity contribution >= 4 is 5.91 Å². The summed E-state index contributed by atoms with van der Waals surface area (Å²) in [4.78, 5) is 21.0. The van der Waals surface area contributed by atoms with Crippen LogP contribution in [-0.2, 0) is 21.3 Å². The Morgan fingerprint density at radius 1 is 1.43 bits per heavy atom. The minimum Gasteiger partial charge on any atom is -0.376 e. The first kappa shape index (κ1) is 16.4. The molecular formula is C16H26N4O3. The van der Waals surface area contributed by atoms with E-state index >= 15 is 0 Å². The maximum Gasteiger partial charge on any atom is 0.248 e. The first-order valence-corrected chi connectivity index (χ1v) is 8.29. The van der Waals surface area contributed by atoms with Gasteiger partial charge < -0.3 is 18.9 Å². The number of nitrogens with zero attached hydrogens (tertiary/aromatic N) is 4. The SMILES string of the molecule is CN1CCN(C(=O)COC[C@H]2CCCO2)C[C@H]1c1nccn1C. The van der Waals surface area contributed by atoms with Gasteiger partial charge in [-0.15, -0.1) is 0 Å². The number of carbonyl (C=O) groups is 1. The van der Waals surface area contributed by atoms with E-state index in [1.807, 2.05) is 22.7 Å². The van der Waals surface area contributed by atoms with Crippen LogP contribution in [0.2, 0.25) is 0 Å². The van der Waals surface area contributed by atoms with E-state index in [2.05, 4.69) is 16.9 Å². The molecule has 2 atom stereocenters. The fourth-order valence-electron chi connectivity index (χ4n) is 3.22. The van der Waals surface area contributed by atoms with Crippen molar-refractivity contribution < 1.29 is 14.3 Å². The lowest BCUT2D eigenvalue weighted by atomic mass is 10.1. The van der Waals surface area contributed by atoms with E-state index in [4.69, 9.17) is 9.47 Å². The molecule has 7 heteroatoms. The summed E-state index contributed by atoms with van der Waals surface area (Å²) in [6.07, 6.45) is 6.02. The zero-order valence-electron chi connectivity index (χ0n) is 14.0. The molecule has 7 nitrogen and oxygen atoms in total. The monoisotopic (exact) mass is 322 g/mol. The average Bonchev–Trinajstić information content (AvgIpc) is 3.19. The molecule has 128 valence electrons. The minimum absolute atomic E-state index is 0.0512. The molecule has 0 aromatic carbocycles. The van der Waals surface area contributed by atoms with Gasteiger partial charge in [0.15, 0.2) is 0 Å². The number of hydrogen-bond acceptors (Lipinski definition) is 5. The van der Waals surface area contributed by atoms with Crippen molar-refractivity contribution in [3.05, 3.63) is 18.2 Å². The van der Waals surface area contributed by atoms with Gasteiger partial charge in [-0.05, 0) is 19.9 Å². The number of likely N-dealkylation sites (N-methyl/N-ethyl adjacent to an activating group) is 1. The highest BCUT2D eigenvalue weighted by atomic mass is 16.5. The fourth-order valence-corrected chi connectivity index (χ4v) is 3.22. The molecule has 1 aromatic heterocycles. The standard InChI is InChI=1S/C16H26N4O3/c1-18-7-8-20(10-14(18)16-17-5-6-19(16)2)15(21)12-22-11-13-4-3-9-23-13/h5-6,13-14H,3-4,7-12H2,1-2H3/t13-,14+/m1/s1. The Balaban J connectivity index is 1.51. The molecule has 0 radical (unpaired) electrons. The van der Waals surface area contributed by atoms with E-state index in [0.29, 0.717) is 13.2 Å². The predicted octanol–water partition coefficient (Wildman–Crippen LogP) is 0.431. The Bertz CT molecular complexity index is 527.